The van der Waals surface area contributed by atoms with Gasteiger partial charge in [0.1, 0.15) is 11.5 Å². The molecule has 1 rings (SSSR count). The quantitative estimate of drug-likeness (QED) is 0.598. The van der Waals surface area contributed by atoms with E-state index in [4.69, 9.17) is 4.74 Å². The van der Waals surface area contributed by atoms with Crippen LogP contribution in [0.4, 0.5) is 8.78 Å². The lowest BCUT2D eigenvalue weighted by atomic mass is 10.2. The second-order valence-electron chi connectivity index (χ2n) is 2.87. The zero-order valence-electron chi connectivity index (χ0n) is 8.78. The van der Waals surface area contributed by atoms with Gasteiger partial charge in [-0.05, 0) is 28.1 Å². The minimum atomic E-state index is -2.99. The predicted molar refractivity (Wildman–Crippen MR) is 58.7 cm³/mol. The zero-order chi connectivity index (χ0) is 12.8. The first-order chi connectivity index (χ1) is 8.08. The second-order valence-corrected chi connectivity index (χ2v) is 3.72. The number of aldehydes is 1. The van der Waals surface area contributed by atoms with Gasteiger partial charge in [-0.25, -0.2) is 0 Å². The number of hydrogen-bond acceptors (Lipinski definition) is 4. The molecule has 4 nitrogen and oxygen atoms in total. The molecule has 94 valence electrons. The van der Waals surface area contributed by atoms with Gasteiger partial charge in [-0.3, -0.25) is 4.79 Å². The molecule has 7 heteroatoms. The Labute approximate surface area is 105 Å². The van der Waals surface area contributed by atoms with Gasteiger partial charge in [0.15, 0.2) is 13.1 Å². The number of alkyl halides is 2. The number of halogens is 3. The third-order valence-electron chi connectivity index (χ3n) is 1.74. The lowest BCUT2D eigenvalue weighted by Crippen LogP contribution is -2.06. The Balaban J connectivity index is 3.01. The van der Waals surface area contributed by atoms with Crippen LogP contribution in [0.3, 0.4) is 0 Å². The molecule has 0 saturated carbocycles. The van der Waals surface area contributed by atoms with Crippen LogP contribution in [0.15, 0.2) is 16.6 Å². The molecule has 1 aromatic rings. The fraction of sp³-hybridized carbons (Fsp3) is 0.300. The highest BCUT2D eigenvalue weighted by Gasteiger charge is 2.13. The Hall–Kier alpha value is -1.21. The molecule has 17 heavy (non-hydrogen) atoms. The molecule has 0 fully saturated rings. The average molecular weight is 311 g/mol. The maximum absolute atomic E-state index is 12.1. The van der Waals surface area contributed by atoms with Crippen LogP contribution in [0.5, 0.6) is 11.5 Å². The lowest BCUT2D eigenvalue weighted by molar-refractivity contribution is -0.0501. The van der Waals surface area contributed by atoms with Gasteiger partial charge < -0.3 is 14.2 Å². The highest BCUT2D eigenvalue weighted by molar-refractivity contribution is 9.10. The molecule has 0 unspecified atom stereocenters. The molecule has 0 aromatic heterocycles. The van der Waals surface area contributed by atoms with Crippen molar-refractivity contribution in [2.75, 3.05) is 13.9 Å². The number of carbonyl (C=O) groups is 1. The first-order valence-corrected chi connectivity index (χ1v) is 5.23. The smallest absolute Gasteiger partial charge is 0.387 e. The van der Waals surface area contributed by atoms with E-state index >= 15 is 0 Å². The molecule has 0 atom stereocenters. The molecule has 0 N–H and O–H groups in total. The SMILES string of the molecule is COCOc1cc(C=O)c(OC(F)F)cc1Br. The van der Waals surface area contributed by atoms with Crippen LogP contribution in [0.2, 0.25) is 0 Å². The van der Waals surface area contributed by atoms with Crippen LogP contribution in [-0.2, 0) is 4.74 Å². The van der Waals surface area contributed by atoms with Crippen LogP contribution in [0.1, 0.15) is 10.4 Å². The van der Waals surface area contributed by atoms with Crippen molar-refractivity contribution in [2.24, 2.45) is 0 Å². The largest absolute Gasteiger partial charge is 0.466 e. The normalized spacial score (nSPS) is 10.4. The monoisotopic (exact) mass is 310 g/mol. The van der Waals surface area contributed by atoms with Crippen molar-refractivity contribution in [1.82, 2.24) is 0 Å². The average Bonchev–Trinajstić information content (AvgIpc) is 2.27. The van der Waals surface area contributed by atoms with E-state index in [0.717, 1.165) is 0 Å². The molecule has 0 aliphatic heterocycles. The van der Waals surface area contributed by atoms with E-state index in [-0.39, 0.29) is 18.1 Å². The van der Waals surface area contributed by atoms with Gasteiger partial charge in [0.2, 0.25) is 0 Å². The van der Waals surface area contributed by atoms with Gasteiger partial charge in [-0.15, -0.1) is 0 Å². The van der Waals surface area contributed by atoms with Crippen LogP contribution in [0, 0.1) is 0 Å². The Morgan fingerprint density at radius 3 is 2.65 bits per heavy atom. The summed E-state index contributed by atoms with van der Waals surface area (Å²) in [4.78, 5) is 10.7. The van der Waals surface area contributed by atoms with E-state index in [1.807, 2.05) is 0 Å². The van der Waals surface area contributed by atoms with Crippen molar-refractivity contribution in [3.05, 3.63) is 22.2 Å². The van der Waals surface area contributed by atoms with Crippen molar-refractivity contribution >= 4 is 22.2 Å². The van der Waals surface area contributed by atoms with E-state index in [1.165, 1.54) is 19.2 Å². The molecule has 0 spiro atoms. The summed E-state index contributed by atoms with van der Waals surface area (Å²) < 4.78 is 38.5. The van der Waals surface area contributed by atoms with Crippen molar-refractivity contribution in [2.45, 2.75) is 6.61 Å². The van der Waals surface area contributed by atoms with Crippen LogP contribution < -0.4 is 9.47 Å². The number of rotatable bonds is 6. The van der Waals surface area contributed by atoms with Crippen molar-refractivity contribution in [3.8, 4) is 11.5 Å². The Bertz CT molecular complexity index is 398. The topological polar surface area (TPSA) is 44.8 Å². The van der Waals surface area contributed by atoms with Crippen molar-refractivity contribution in [1.29, 1.82) is 0 Å². The van der Waals surface area contributed by atoms with Crippen LogP contribution >= 0.6 is 15.9 Å². The summed E-state index contributed by atoms with van der Waals surface area (Å²) >= 11 is 3.11. The van der Waals surface area contributed by atoms with E-state index < -0.39 is 6.61 Å². The van der Waals surface area contributed by atoms with Gasteiger partial charge in [0.25, 0.3) is 0 Å². The minimum absolute atomic E-state index is 0.0219. The number of ether oxygens (including phenoxy) is 3. The Morgan fingerprint density at radius 1 is 1.41 bits per heavy atom. The summed E-state index contributed by atoms with van der Waals surface area (Å²) in [6.45, 7) is -3.02. The number of methoxy groups -OCH3 is 1. The van der Waals surface area contributed by atoms with Gasteiger partial charge in [0.05, 0.1) is 10.0 Å². The highest BCUT2D eigenvalue weighted by Crippen LogP contribution is 2.33. The van der Waals surface area contributed by atoms with Gasteiger partial charge in [0, 0.05) is 7.11 Å². The predicted octanol–water partition coefficient (Wildman–Crippen LogP) is 2.85. The fourth-order valence-electron chi connectivity index (χ4n) is 1.07. The van der Waals surface area contributed by atoms with E-state index in [2.05, 4.69) is 25.4 Å². The molecule has 0 amide bonds. The first-order valence-electron chi connectivity index (χ1n) is 4.43. The third-order valence-corrected chi connectivity index (χ3v) is 2.36. The minimum Gasteiger partial charge on any atom is -0.466 e. The third kappa shape index (κ3) is 3.94. The molecule has 0 heterocycles. The van der Waals surface area contributed by atoms with Crippen LogP contribution in [-0.4, -0.2) is 26.8 Å². The summed E-state index contributed by atoms with van der Waals surface area (Å²) in [5.41, 5.74) is -0.0281. The van der Waals surface area contributed by atoms with Gasteiger partial charge >= 0.3 is 6.61 Å². The summed E-state index contributed by atoms with van der Waals surface area (Å²) in [7, 11) is 1.43. The maximum atomic E-state index is 12.1. The maximum Gasteiger partial charge on any atom is 0.387 e. The fourth-order valence-corrected chi connectivity index (χ4v) is 1.51. The highest BCUT2D eigenvalue weighted by atomic mass is 79.9. The van der Waals surface area contributed by atoms with Crippen molar-refractivity contribution in [3.63, 3.8) is 0 Å². The van der Waals surface area contributed by atoms with Crippen molar-refractivity contribution < 1.29 is 27.8 Å². The Morgan fingerprint density at radius 2 is 2.12 bits per heavy atom. The first kappa shape index (κ1) is 13.9. The standard InChI is InChI=1S/C10H9BrF2O4/c1-15-5-16-9-2-6(4-14)8(3-7(9)11)17-10(12)13/h2-4,10H,5H2,1H3. The summed E-state index contributed by atoms with van der Waals surface area (Å²) in [6, 6.07) is 2.52. The van der Waals surface area contributed by atoms with E-state index in [9.17, 15) is 13.6 Å². The van der Waals surface area contributed by atoms with Crippen LogP contribution in [0.25, 0.3) is 0 Å². The number of hydrogen-bond donors (Lipinski definition) is 0. The van der Waals surface area contributed by atoms with Gasteiger partial charge in [-0.1, -0.05) is 0 Å². The van der Waals surface area contributed by atoms with E-state index in [1.54, 1.807) is 0 Å². The number of benzene rings is 1. The zero-order valence-corrected chi connectivity index (χ0v) is 10.4. The molecule has 1 aromatic carbocycles. The molecule has 0 radical (unpaired) electrons. The number of carbonyl (C=O) groups excluding carboxylic acids is 1. The van der Waals surface area contributed by atoms with E-state index in [0.29, 0.717) is 16.5 Å². The summed E-state index contributed by atoms with van der Waals surface area (Å²) in [5.74, 6) is 0.0854. The van der Waals surface area contributed by atoms with Gasteiger partial charge in [-0.2, -0.15) is 8.78 Å². The Kier molecular flexibility index (Phi) is 5.30. The second kappa shape index (κ2) is 6.51. The lowest BCUT2D eigenvalue weighted by Gasteiger charge is -2.11. The molecule has 0 aliphatic carbocycles. The molecular formula is C10H9BrF2O4. The summed E-state index contributed by atoms with van der Waals surface area (Å²) in [5, 5.41) is 0. The molecule has 0 saturated heterocycles. The summed E-state index contributed by atoms with van der Waals surface area (Å²) in [6.07, 6.45) is 0.407. The molecule has 0 bridgehead atoms. The molecule has 0 aliphatic rings. The molecular weight excluding hydrogens is 302 g/mol.